The zero-order chi connectivity index (χ0) is 15.4. The fraction of sp³-hybridized carbons (Fsp3) is 0.500. The van der Waals surface area contributed by atoms with Crippen LogP contribution in [0.15, 0.2) is 12.1 Å². The standard InChI is InChI=1S/C14H18Cl2N2O3/c1-2-18-3-4-20-10(7-18)8-21-14(19)9-5-11(15)13(16)12(17)6-9/h5-6,10H,2-4,7-8,17H2,1H3. The molecule has 1 aromatic rings. The minimum absolute atomic E-state index is 0.109. The minimum Gasteiger partial charge on any atom is -0.459 e. The Kier molecular flexibility index (Phi) is 5.70. The van der Waals surface area contributed by atoms with Crippen LogP contribution in [-0.4, -0.2) is 49.8 Å². The van der Waals surface area contributed by atoms with E-state index in [-0.39, 0.29) is 34.0 Å². The highest BCUT2D eigenvalue weighted by Gasteiger charge is 2.21. The smallest absolute Gasteiger partial charge is 0.338 e. The molecule has 0 aromatic heterocycles. The normalized spacial score (nSPS) is 19.5. The number of ether oxygens (including phenoxy) is 2. The summed E-state index contributed by atoms with van der Waals surface area (Å²) in [5.41, 5.74) is 6.21. The molecule has 1 heterocycles. The number of nitrogen functional groups attached to an aromatic ring is 1. The molecular weight excluding hydrogens is 315 g/mol. The first-order valence-electron chi connectivity index (χ1n) is 6.76. The molecule has 2 N–H and O–H groups in total. The van der Waals surface area contributed by atoms with Gasteiger partial charge in [-0.3, -0.25) is 4.90 Å². The van der Waals surface area contributed by atoms with Crippen LogP contribution in [0.4, 0.5) is 5.69 Å². The molecule has 5 nitrogen and oxygen atoms in total. The third kappa shape index (κ3) is 4.23. The average molecular weight is 333 g/mol. The Morgan fingerprint density at radius 3 is 2.95 bits per heavy atom. The van der Waals surface area contributed by atoms with Gasteiger partial charge in [-0.15, -0.1) is 0 Å². The Hall–Kier alpha value is -1.01. The number of benzene rings is 1. The van der Waals surface area contributed by atoms with Gasteiger partial charge < -0.3 is 15.2 Å². The Morgan fingerprint density at radius 2 is 2.29 bits per heavy atom. The second-order valence-corrected chi connectivity index (χ2v) is 5.63. The van der Waals surface area contributed by atoms with Crippen molar-refractivity contribution in [2.45, 2.75) is 13.0 Å². The predicted molar refractivity (Wildman–Crippen MR) is 83.0 cm³/mol. The van der Waals surface area contributed by atoms with Gasteiger partial charge in [-0.1, -0.05) is 30.1 Å². The Balaban J connectivity index is 1.93. The maximum absolute atomic E-state index is 12.0. The zero-order valence-electron chi connectivity index (χ0n) is 11.8. The third-order valence-corrected chi connectivity index (χ3v) is 4.18. The summed E-state index contributed by atoms with van der Waals surface area (Å²) in [6.07, 6.45) is -0.109. The van der Waals surface area contributed by atoms with Crippen LogP contribution in [0.5, 0.6) is 0 Å². The molecule has 0 aliphatic carbocycles. The lowest BCUT2D eigenvalue weighted by atomic mass is 10.2. The van der Waals surface area contributed by atoms with E-state index in [0.29, 0.717) is 6.61 Å². The first kappa shape index (κ1) is 16.4. The summed E-state index contributed by atoms with van der Waals surface area (Å²) in [6.45, 7) is 5.56. The highest BCUT2D eigenvalue weighted by molar-refractivity contribution is 6.43. The molecule has 1 fully saturated rings. The van der Waals surface area contributed by atoms with Crippen molar-refractivity contribution >= 4 is 34.9 Å². The number of halogens is 2. The van der Waals surface area contributed by atoms with E-state index in [1.807, 2.05) is 0 Å². The molecule has 1 unspecified atom stereocenters. The molecule has 21 heavy (non-hydrogen) atoms. The van der Waals surface area contributed by atoms with Crippen molar-refractivity contribution in [2.75, 3.05) is 38.6 Å². The SMILES string of the molecule is CCN1CCOC(COC(=O)c2cc(N)c(Cl)c(Cl)c2)C1. The van der Waals surface area contributed by atoms with E-state index in [9.17, 15) is 4.79 Å². The number of hydrogen-bond donors (Lipinski definition) is 1. The molecule has 1 aromatic carbocycles. The number of likely N-dealkylation sites (N-methyl/N-ethyl adjacent to an activating group) is 1. The van der Waals surface area contributed by atoms with Crippen molar-refractivity contribution in [3.05, 3.63) is 27.7 Å². The molecule has 1 aliphatic rings. The number of esters is 1. The number of carbonyl (C=O) groups is 1. The largest absolute Gasteiger partial charge is 0.459 e. The number of carbonyl (C=O) groups excluding carboxylic acids is 1. The fourth-order valence-corrected chi connectivity index (χ4v) is 2.48. The average Bonchev–Trinajstić information content (AvgIpc) is 2.50. The molecular formula is C14H18Cl2N2O3. The lowest BCUT2D eigenvalue weighted by Gasteiger charge is -2.31. The summed E-state index contributed by atoms with van der Waals surface area (Å²) in [5.74, 6) is -0.488. The lowest BCUT2D eigenvalue weighted by molar-refractivity contribution is -0.0578. The molecule has 0 bridgehead atoms. The van der Waals surface area contributed by atoms with E-state index >= 15 is 0 Å². The summed E-state index contributed by atoms with van der Waals surface area (Å²) in [6, 6.07) is 2.90. The number of morpholine rings is 1. The van der Waals surface area contributed by atoms with Crippen molar-refractivity contribution < 1.29 is 14.3 Å². The second-order valence-electron chi connectivity index (χ2n) is 4.85. The maximum Gasteiger partial charge on any atom is 0.338 e. The van der Waals surface area contributed by atoms with Crippen LogP contribution < -0.4 is 5.73 Å². The van der Waals surface area contributed by atoms with Crippen LogP contribution in [0.25, 0.3) is 0 Å². The van der Waals surface area contributed by atoms with Crippen molar-refractivity contribution in [1.82, 2.24) is 4.90 Å². The lowest BCUT2D eigenvalue weighted by Crippen LogP contribution is -2.44. The van der Waals surface area contributed by atoms with E-state index in [4.69, 9.17) is 38.4 Å². The van der Waals surface area contributed by atoms with Crippen molar-refractivity contribution in [3.8, 4) is 0 Å². The predicted octanol–water partition coefficient (Wildman–Crippen LogP) is 2.45. The van der Waals surface area contributed by atoms with E-state index in [2.05, 4.69) is 11.8 Å². The van der Waals surface area contributed by atoms with E-state index < -0.39 is 5.97 Å². The van der Waals surface area contributed by atoms with Gasteiger partial charge in [0.05, 0.1) is 27.9 Å². The van der Waals surface area contributed by atoms with E-state index in [1.165, 1.54) is 12.1 Å². The first-order chi connectivity index (χ1) is 10.0. The van der Waals surface area contributed by atoms with Gasteiger partial charge in [0.15, 0.2) is 0 Å². The Morgan fingerprint density at radius 1 is 1.52 bits per heavy atom. The van der Waals surface area contributed by atoms with Crippen LogP contribution >= 0.6 is 23.2 Å². The molecule has 116 valence electrons. The zero-order valence-corrected chi connectivity index (χ0v) is 13.3. The van der Waals surface area contributed by atoms with Gasteiger partial charge in [0.25, 0.3) is 0 Å². The van der Waals surface area contributed by atoms with Crippen LogP contribution in [0.3, 0.4) is 0 Å². The molecule has 0 saturated carbocycles. The highest BCUT2D eigenvalue weighted by atomic mass is 35.5. The van der Waals surface area contributed by atoms with Crippen LogP contribution in [0, 0.1) is 0 Å². The first-order valence-corrected chi connectivity index (χ1v) is 7.52. The fourth-order valence-electron chi connectivity index (χ4n) is 2.15. The van der Waals surface area contributed by atoms with Gasteiger partial charge in [-0.25, -0.2) is 4.79 Å². The van der Waals surface area contributed by atoms with Gasteiger partial charge in [-0.05, 0) is 18.7 Å². The molecule has 0 spiro atoms. The van der Waals surface area contributed by atoms with Crippen LogP contribution in [0.2, 0.25) is 10.0 Å². The summed E-state index contributed by atoms with van der Waals surface area (Å²) >= 11 is 11.7. The second kappa shape index (κ2) is 7.31. The maximum atomic E-state index is 12.0. The Bertz CT molecular complexity index is 502. The molecule has 1 aliphatic heterocycles. The number of rotatable bonds is 4. The minimum atomic E-state index is -0.488. The van der Waals surface area contributed by atoms with Gasteiger partial charge in [0, 0.05) is 13.1 Å². The van der Waals surface area contributed by atoms with Gasteiger partial charge >= 0.3 is 5.97 Å². The molecule has 0 radical (unpaired) electrons. The topological polar surface area (TPSA) is 64.8 Å². The summed E-state index contributed by atoms with van der Waals surface area (Å²) in [4.78, 5) is 14.3. The quantitative estimate of drug-likeness (QED) is 0.677. The van der Waals surface area contributed by atoms with Crippen molar-refractivity contribution in [1.29, 1.82) is 0 Å². The number of nitrogens with zero attached hydrogens (tertiary/aromatic N) is 1. The molecule has 1 atom stereocenters. The van der Waals surface area contributed by atoms with Gasteiger partial charge in [-0.2, -0.15) is 0 Å². The van der Waals surface area contributed by atoms with E-state index in [0.717, 1.165) is 19.6 Å². The Labute approximate surface area is 133 Å². The van der Waals surface area contributed by atoms with Crippen molar-refractivity contribution in [2.24, 2.45) is 0 Å². The molecule has 0 amide bonds. The van der Waals surface area contributed by atoms with Crippen LogP contribution in [-0.2, 0) is 9.47 Å². The summed E-state index contributed by atoms with van der Waals surface area (Å²) in [7, 11) is 0. The molecule has 1 saturated heterocycles. The van der Waals surface area contributed by atoms with Gasteiger partial charge in [0.1, 0.15) is 12.7 Å². The van der Waals surface area contributed by atoms with E-state index in [1.54, 1.807) is 0 Å². The van der Waals surface area contributed by atoms with Gasteiger partial charge in [0.2, 0.25) is 0 Å². The monoisotopic (exact) mass is 332 g/mol. The number of hydrogen-bond acceptors (Lipinski definition) is 5. The number of nitrogens with two attached hydrogens (primary N) is 1. The summed E-state index contributed by atoms with van der Waals surface area (Å²) in [5, 5.41) is 0.470. The summed E-state index contributed by atoms with van der Waals surface area (Å²) < 4.78 is 10.8. The number of anilines is 1. The molecule has 7 heteroatoms. The molecule has 2 rings (SSSR count). The van der Waals surface area contributed by atoms with Crippen LogP contribution in [0.1, 0.15) is 17.3 Å². The van der Waals surface area contributed by atoms with Crippen molar-refractivity contribution in [3.63, 3.8) is 0 Å². The third-order valence-electron chi connectivity index (χ3n) is 3.36. The highest BCUT2D eigenvalue weighted by Crippen LogP contribution is 2.29.